The number of aryl methyl sites for hydroxylation is 1. The van der Waals surface area contributed by atoms with Gasteiger partial charge in [-0.3, -0.25) is 4.79 Å². The lowest BCUT2D eigenvalue weighted by Gasteiger charge is -2.30. The van der Waals surface area contributed by atoms with Gasteiger partial charge in [0.1, 0.15) is 5.00 Å². The van der Waals surface area contributed by atoms with Crippen molar-refractivity contribution in [2.24, 2.45) is 5.92 Å². The van der Waals surface area contributed by atoms with Gasteiger partial charge in [0, 0.05) is 23.8 Å². The van der Waals surface area contributed by atoms with Crippen molar-refractivity contribution >= 4 is 28.2 Å². The van der Waals surface area contributed by atoms with Gasteiger partial charge in [0.25, 0.3) is 0 Å². The van der Waals surface area contributed by atoms with Crippen molar-refractivity contribution in [1.82, 2.24) is 4.90 Å². The number of esters is 1. The molecule has 1 aromatic heterocycles. The predicted molar refractivity (Wildman–Crippen MR) is 97.7 cm³/mol. The first-order chi connectivity index (χ1) is 12.1. The third kappa shape index (κ3) is 5.28. The van der Waals surface area contributed by atoms with Gasteiger partial charge in [-0.05, 0) is 45.3 Å². The van der Waals surface area contributed by atoms with Crippen molar-refractivity contribution in [2.75, 3.05) is 31.6 Å². The number of likely N-dealkylation sites (tertiary alicyclic amines) is 1. The van der Waals surface area contributed by atoms with Crippen molar-refractivity contribution < 1.29 is 14.3 Å². The Morgan fingerprint density at radius 3 is 2.72 bits per heavy atom. The van der Waals surface area contributed by atoms with E-state index in [0.29, 0.717) is 23.6 Å². The summed E-state index contributed by atoms with van der Waals surface area (Å²) in [5.41, 5.74) is 0.448. The second-order valence-electron chi connectivity index (χ2n) is 6.04. The van der Waals surface area contributed by atoms with Crippen LogP contribution in [-0.2, 0) is 16.0 Å². The minimum Gasteiger partial charge on any atom is -0.462 e. The molecule has 2 heterocycles. The van der Waals surface area contributed by atoms with E-state index in [9.17, 15) is 9.59 Å². The maximum Gasteiger partial charge on any atom is 0.341 e. The van der Waals surface area contributed by atoms with Gasteiger partial charge in [-0.1, -0.05) is 6.92 Å². The van der Waals surface area contributed by atoms with Crippen molar-refractivity contribution in [3.63, 3.8) is 0 Å². The SMILES string of the molecule is CCOC(=O)c1cc(CC)sc1NC(=O)C1CCN(CCC#N)CC1. The first-order valence-corrected chi connectivity index (χ1v) is 9.60. The van der Waals surface area contributed by atoms with Gasteiger partial charge in [-0.25, -0.2) is 4.79 Å². The molecule has 1 amide bonds. The second-order valence-corrected chi connectivity index (χ2v) is 7.18. The summed E-state index contributed by atoms with van der Waals surface area (Å²) in [6.45, 7) is 6.52. The fraction of sp³-hybridized carbons (Fsp3) is 0.611. The fourth-order valence-corrected chi connectivity index (χ4v) is 3.90. The third-order valence-electron chi connectivity index (χ3n) is 4.36. The Morgan fingerprint density at radius 1 is 1.40 bits per heavy atom. The Bertz CT molecular complexity index is 642. The molecule has 0 aromatic carbocycles. The van der Waals surface area contributed by atoms with Crippen LogP contribution in [0.1, 0.15) is 48.3 Å². The zero-order valence-corrected chi connectivity index (χ0v) is 15.7. The zero-order valence-electron chi connectivity index (χ0n) is 14.8. The zero-order chi connectivity index (χ0) is 18.2. The summed E-state index contributed by atoms with van der Waals surface area (Å²) < 4.78 is 5.09. The van der Waals surface area contributed by atoms with Crippen molar-refractivity contribution in [1.29, 1.82) is 5.26 Å². The van der Waals surface area contributed by atoms with E-state index >= 15 is 0 Å². The molecule has 1 aromatic rings. The second kappa shape index (κ2) is 9.54. The molecule has 6 nitrogen and oxygen atoms in total. The minimum absolute atomic E-state index is 0.0324. The van der Waals surface area contributed by atoms with Crippen LogP contribution in [0.4, 0.5) is 5.00 Å². The molecule has 0 radical (unpaired) electrons. The van der Waals surface area contributed by atoms with Crippen molar-refractivity contribution in [3.05, 3.63) is 16.5 Å². The normalized spacial score (nSPS) is 15.6. The molecule has 1 aliphatic rings. The van der Waals surface area contributed by atoms with Crippen LogP contribution in [0.5, 0.6) is 0 Å². The van der Waals surface area contributed by atoms with Crippen LogP contribution in [0.15, 0.2) is 6.07 Å². The molecule has 2 rings (SSSR count). The highest BCUT2D eigenvalue weighted by atomic mass is 32.1. The molecule has 0 atom stereocenters. The fourth-order valence-electron chi connectivity index (χ4n) is 2.91. The molecule has 0 saturated carbocycles. The van der Waals surface area contributed by atoms with Crippen LogP contribution >= 0.6 is 11.3 Å². The van der Waals surface area contributed by atoms with Gasteiger partial charge in [-0.2, -0.15) is 5.26 Å². The van der Waals surface area contributed by atoms with Crippen LogP contribution in [-0.4, -0.2) is 43.0 Å². The predicted octanol–water partition coefficient (Wildman–Crippen LogP) is 3.05. The van der Waals surface area contributed by atoms with Gasteiger partial charge in [0.05, 0.1) is 18.2 Å². The highest BCUT2D eigenvalue weighted by molar-refractivity contribution is 7.16. The number of nitrogens with zero attached hydrogens (tertiary/aromatic N) is 2. The number of hydrogen-bond donors (Lipinski definition) is 1. The lowest BCUT2D eigenvalue weighted by molar-refractivity contribution is -0.121. The third-order valence-corrected chi connectivity index (χ3v) is 5.56. The molecule has 7 heteroatoms. The molecule has 0 aliphatic carbocycles. The number of anilines is 1. The number of rotatable bonds is 7. The van der Waals surface area contributed by atoms with Crippen LogP contribution in [0, 0.1) is 17.2 Å². The van der Waals surface area contributed by atoms with Crippen LogP contribution in [0.25, 0.3) is 0 Å². The summed E-state index contributed by atoms with van der Waals surface area (Å²) in [4.78, 5) is 28.0. The number of nitrogens with one attached hydrogen (secondary N) is 1. The average Bonchev–Trinajstić information content (AvgIpc) is 3.03. The molecular weight excluding hydrogens is 338 g/mol. The van der Waals surface area contributed by atoms with Crippen molar-refractivity contribution in [2.45, 2.75) is 39.5 Å². The lowest BCUT2D eigenvalue weighted by atomic mass is 9.96. The summed E-state index contributed by atoms with van der Waals surface area (Å²) in [6.07, 6.45) is 2.88. The number of piperidine rings is 1. The molecule has 1 saturated heterocycles. The number of ether oxygens (including phenoxy) is 1. The van der Waals surface area contributed by atoms with Gasteiger partial charge >= 0.3 is 5.97 Å². The van der Waals surface area contributed by atoms with Crippen LogP contribution in [0.3, 0.4) is 0 Å². The average molecular weight is 363 g/mol. The molecule has 0 spiro atoms. The monoisotopic (exact) mass is 363 g/mol. The van der Waals surface area contributed by atoms with E-state index in [2.05, 4.69) is 16.3 Å². The summed E-state index contributed by atoms with van der Waals surface area (Å²) in [5.74, 6) is -0.476. The molecule has 1 fully saturated rings. The molecule has 0 bridgehead atoms. The standard InChI is InChI=1S/C18H25N3O3S/c1-3-14-12-15(18(23)24-4-2)17(25-14)20-16(22)13-6-10-21(11-7-13)9-5-8-19/h12-13H,3-7,9-11H2,1-2H3,(H,20,22). The summed E-state index contributed by atoms with van der Waals surface area (Å²) in [6, 6.07) is 3.96. The number of carbonyl (C=O) groups is 2. The van der Waals surface area contributed by atoms with E-state index in [-0.39, 0.29) is 17.8 Å². The van der Waals surface area contributed by atoms with Gasteiger partial charge in [0.2, 0.25) is 5.91 Å². The topological polar surface area (TPSA) is 82.4 Å². The molecule has 1 aliphatic heterocycles. The minimum atomic E-state index is -0.389. The van der Waals surface area contributed by atoms with Gasteiger partial charge in [-0.15, -0.1) is 11.3 Å². The van der Waals surface area contributed by atoms with Gasteiger partial charge in [0.15, 0.2) is 0 Å². The van der Waals surface area contributed by atoms with Crippen molar-refractivity contribution in [3.8, 4) is 6.07 Å². The highest BCUT2D eigenvalue weighted by Crippen LogP contribution is 2.30. The largest absolute Gasteiger partial charge is 0.462 e. The summed E-state index contributed by atoms with van der Waals surface area (Å²) >= 11 is 1.44. The first kappa shape index (κ1) is 19.4. The molecule has 1 N–H and O–H groups in total. The van der Waals surface area contributed by atoms with E-state index < -0.39 is 0 Å². The van der Waals surface area contributed by atoms with E-state index in [0.717, 1.165) is 43.8 Å². The maximum atomic E-state index is 12.6. The first-order valence-electron chi connectivity index (χ1n) is 8.79. The quantitative estimate of drug-likeness (QED) is 0.753. The Balaban J connectivity index is 1.98. The Labute approximate surface area is 152 Å². The van der Waals surface area contributed by atoms with E-state index in [1.807, 2.05) is 13.0 Å². The Hall–Kier alpha value is -1.91. The van der Waals surface area contributed by atoms with Crippen LogP contribution < -0.4 is 5.32 Å². The Kier molecular flexibility index (Phi) is 7.41. The summed E-state index contributed by atoms with van der Waals surface area (Å²) in [7, 11) is 0. The van der Waals surface area contributed by atoms with E-state index in [1.165, 1.54) is 11.3 Å². The smallest absolute Gasteiger partial charge is 0.341 e. The molecular formula is C18H25N3O3S. The lowest BCUT2D eigenvalue weighted by Crippen LogP contribution is -2.38. The number of hydrogen-bond acceptors (Lipinski definition) is 6. The molecule has 0 unspecified atom stereocenters. The summed E-state index contributed by atoms with van der Waals surface area (Å²) in [5, 5.41) is 12.2. The molecule has 25 heavy (non-hydrogen) atoms. The van der Waals surface area contributed by atoms with Gasteiger partial charge < -0.3 is 15.0 Å². The number of nitriles is 1. The maximum absolute atomic E-state index is 12.6. The van der Waals surface area contributed by atoms with E-state index in [1.54, 1.807) is 6.92 Å². The number of thiophene rings is 1. The number of amides is 1. The number of carbonyl (C=O) groups excluding carboxylic acids is 2. The highest BCUT2D eigenvalue weighted by Gasteiger charge is 2.27. The van der Waals surface area contributed by atoms with E-state index in [4.69, 9.17) is 10.00 Å². The molecule has 136 valence electrons. The Morgan fingerprint density at radius 2 is 2.12 bits per heavy atom. The van der Waals surface area contributed by atoms with Crippen LogP contribution in [0.2, 0.25) is 0 Å².